The molecule has 3 rings (SSSR count). The number of fused-ring (bicyclic) bond motifs is 1. The van der Waals surface area contributed by atoms with Gasteiger partial charge in [0, 0.05) is 6.20 Å². The Bertz CT molecular complexity index is 744. The topological polar surface area (TPSA) is 126 Å². The van der Waals surface area contributed by atoms with E-state index in [1.165, 1.54) is 10.7 Å². The molecule has 90 valence electrons. The van der Waals surface area contributed by atoms with Crippen molar-refractivity contribution < 1.29 is 9.42 Å². The number of aromatic nitrogens is 4. The molecule has 8 nitrogen and oxygen atoms in total. The Morgan fingerprint density at radius 3 is 2.72 bits per heavy atom. The number of carbonyl (C=O) groups is 1. The maximum absolute atomic E-state index is 11.0. The van der Waals surface area contributed by atoms with Crippen LogP contribution < -0.4 is 11.5 Å². The van der Waals surface area contributed by atoms with Crippen molar-refractivity contribution in [1.29, 1.82) is 0 Å². The van der Waals surface area contributed by atoms with Crippen molar-refractivity contribution in [3.05, 3.63) is 30.1 Å². The molecule has 0 radical (unpaired) electrons. The number of amides is 1. The van der Waals surface area contributed by atoms with Gasteiger partial charge in [-0.3, -0.25) is 4.79 Å². The van der Waals surface area contributed by atoms with Crippen LogP contribution in [0.1, 0.15) is 10.5 Å². The van der Waals surface area contributed by atoms with E-state index in [0.717, 1.165) is 0 Å². The van der Waals surface area contributed by atoms with Crippen molar-refractivity contribution in [3.8, 4) is 5.69 Å². The molecule has 0 bridgehead atoms. The van der Waals surface area contributed by atoms with Crippen molar-refractivity contribution in [3.63, 3.8) is 0 Å². The summed E-state index contributed by atoms with van der Waals surface area (Å²) in [6.45, 7) is 0. The first kappa shape index (κ1) is 10.3. The number of hydrogen-bond acceptors (Lipinski definition) is 6. The Morgan fingerprint density at radius 1 is 1.22 bits per heavy atom. The minimum Gasteiger partial charge on any atom is -0.397 e. The van der Waals surface area contributed by atoms with E-state index in [-0.39, 0.29) is 5.69 Å². The van der Waals surface area contributed by atoms with Crippen LogP contribution in [0, 0.1) is 0 Å². The van der Waals surface area contributed by atoms with Crippen molar-refractivity contribution in [2.45, 2.75) is 0 Å². The fourth-order valence-corrected chi connectivity index (χ4v) is 1.65. The number of anilines is 1. The molecule has 0 saturated carbocycles. The Morgan fingerprint density at radius 2 is 2.00 bits per heavy atom. The molecule has 0 saturated heterocycles. The molecule has 18 heavy (non-hydrogen) atoms. The summed E-state index contributed by atoms with van der Waals surface area (Å²) in [6.07, 6.45) is 1.60. The summed E-state index contributed by atoms with van der Waals surface area (Å²) in [5, 5.41) is 11.5. The van der Waals surface area contributed by atoms with Crippen LogP contribution in [0.4, 0.5) is 5.69 Å². The van der Waals surface area contributed by atoms with Gasteiger partial charge in [-0.05, 0) is 28.5 Å². The van der Waals surface area contributed by atoms with E-state index in [0.29, 0.717) is 22.4 Å². The molecule has 0 fully saturated rings. The minimum atomic E-state index is -0.598. The van der Waals surface area contributed by atoms with Gasteiger partial charge >= 0.3 is 0 Å². The maximum atomic E-state index is 11.0. The van der Waals surface area contributed by atoms with Crippen LogP contribution in [0.2, 0.25) is 0 Å². The molecule has 4 N–H and O–H groups in total. The third-order valence-electron chi connectivity index (χ3n) is 2.51. The van der Waals surface area contributed by atoms with Gasteiger partial charge in [0.25, 0.3) is 5.91 Å². The Kier molecular flexibility index (Phi) is 2.03. The van der Waals surface area contributed by atoms with Gasteiger partial charge in [-0.1, -0.05) is 0 Å². The smallest absolute Gasteiger partial charge is 0.269 e. The third kappa shape index (κ3) is 1.39. The number of nitrogens with two attached hydrogens (primary N) is 2. The lowest BCUT2D eigenvalue weighted by Gasteiger charge is -2.01. The fraction of sp³-hybridized carbons (Fsp3) is 0. The monoisotopic (exact) mass is 244 g/mol. The lowest BCUT2D eigenvalue weighted by Crippen LogP contribution is -2.12. The van der Waals surface area contributed by atoms with Gasteiger partial charge in [-0.25, -0.2) is 9.31 Å². The zero-order valence-electron chi connectivity index (χ0n) is 9.07. The number of carbonyl (C=O) groups excluding carboxylic acids is 1. The van der Waals surface area contributed by atoms with Gasteiger partial charge in [0.15, 0.2) is 11.0 Å². The number of nitrogens with zero attached hydrogens (tertiary/aromatic N) is 4. The first-order valence-electron chi connectivity index (χ1n) is 5.03. The van der Waals surface area contributed by atoms with Gasteiger partial charge in [0.1, 0.15) is 5.69 Å². The highest BCUT2D eigenvalue weighted by Gasteiger charge is 2.13. The fourth-order valence-electron chi connectivity index (χ4n) is 1.65. The summed E-state index contributed by atoms with van der Waals surface area (Å²) >= 11 is 0. The highest BCUT2D eigenvalue weighted by Crippen LogP contribution is 2.23. The first-order valence-corrected chi connectivity index (χ1v) is 5.03. The standard InChI is InChI=1S/C10H8N6O2/c11-5-1-2-7(9-8(5)14-18-15-9)16-4-3-6(13-16)10(12)17/h1-4H,11H2,(H2,12,17). The predicted molar refractivity (Wildman–Crippen MR) is 61.9 cm³/mol. The first-order chi connectivity index (χ1) is 8.66. The molecule has 0 aliphatic heterocycles. The molecule has 8 heteroatoms. The second-order valence-electron chi connectivity index (χ2n) is 3.65. The summed E-state index contributed by atoms with van der Waals surface area (Å²) < 4.78 is 6.11. The van der Waals surface area contributed by atoms with Gasteiger partial charge in [0.2, 0.25) is 0 Å². The predicted octanol–water partition coefficient (Wildman–Crippen LogP) is 0.0896. The number of nitrogen functional groups attached to an aromatic ring is 1. The van der Waals surface area contributed by atoms with E-state index < -0.39 is 5.91 Å². The molecule has 0 spiro atoms. The molecule has 0 aliphatic carbocycles. The normalized spacial score (nSPS) is 10.9. The van der Waals surface area contributed by atoms with E-state index >= 15 is 0 Å². The Hall–Kier alpha value is -2.90. The second-order valence-corrected chi connectivity index (χ2v) is 3.65. The van der Waals surface area contributed by atoms with E-state index in [2.05, 4.69) is 20.0 Å². The SMILES string of the molecule is NC(=O)c1ccn(-c2ccc(N)c3nonc23)n1. The summed E-state index contributed by atoms with van der Waals surface area (Å²) in [6, 6.07) is 4.88. The molecule has 2 aromatic heterocycles. The van der Waals surface area contributed by atoms with Crippen molar-refractivity contribution >= 4 is 22.6 Å². The molecular weight excluding hydrogens is 236 g/mol. The number of benzene rings is 1. The van der Waals surface area contributed by atoms with Gasteiger partial charge < -0.3 is 11.5 Å². The molecule has 0 aliphatic rings. The third-order valence-corrected chi connectivity index (χ3v) is 2.51. The summed E-state index contributed by atoms with van der Waals surface area (Å²) in [4.78, 5) is 11.0. The van der Waals surface area contributed by atoms with Crippen molar-refractivity contribution in [1.82, 2.24) is 20.1 Å². The van der Waals surface area contributed by atoms with Crippen LogP contribution in [-0.4, -0.2) is 26.0 Å². The molecule has 0 atom stereocenters. The van der Waals surface area contributed by atoms with Crippen molar-refractivity contribution in [2.24, 2.45) is 5.73 Å². The number of rotatable bonds is 2. The van der Waals surface area contributed by atoms with Crippen LogP contribution >= 0.6 is 0 Å². The lowest BCUT2D eigenvalue weighted by molar-refractivity contribution is 0.0995. The second kappa shape index (κ2) is 3.55. The van der Waals surface area contributed by atoms with E-state index in [4.69, 9.17) is 11.5 Å². The highest BCUT2D eigenvalue weighted by molar-refractivity contribution is 5.92. The Balaban J connectivity index is 2.22. The molecule has 1 aromatic carbocycles. The van der Waals surface area contributed by atoms with E-state index in [1.54, 1.807) is 18.3 Å². The summed E-state index contributed by atoms with van der Waals surface area (Å²) in [5.74, 6) is -0.598. The zero-order chi connectivity index (χ0) is 12.7. The summed E-state index contributed by atoms with van der Waals surface area (Å²) in [5.41, 5.74) is 13.0. The van der Waals surface area contributed by atoms with Gasteiger partial charge in [-0.2, -0.15) is 5.10 Å². The zero-order valence-corrected chi connectivity index (χ0v) is 9.07. The average molecular weight is 244 g/mol. The molecule has 1 amide bonds. The largest absolute Gasteiger partial charge is 0.397 e. The lowest BCUT2D eigenvalue weighted by atomic mass is 10.2. The summed E-state index contributed by atoms with van der Waals surface area (Å²) in [7, 11) is 0. The molecule has 0 unspecified atom stereocenters. The molecule has 3 aromatic rings. The average Bonchev–Trinajstić information content (AvgIpc) is 2.98. The van der Waals surface area contributed by atoms with E-state index in [9.17, 15) is 4.79 Å². The van der Waals surface area contributed by atoms with Crippen LogP contribution in [0.5, 0.6) is 0 Å². The quantitative estimate of drug-likeness (QED) is 0.615. The highest BCUT2D eigenvalue weighted by atomic mass is 16.6. The molecule has 2 heterocycles. The Labute approximate surface area is 100 Å². The number of hydrogen-bond donors (Lipinski definition) is 2. The van der Waals surface area contributed by atoms with Crippen LogP contribution in [0.3, 0.4) is 0 Å². The van der Waals surface area contributed by atoms with Gasteiger partial charge in [-0.15, -0.1) is 0 Å². The maximum Gasteiger partial charge on any atom is 0.269 e. The van der Waals surface area contributed by atoms with Crippen LogP contribution in [0.15, 0.2) is 29.0 Å². The van der Waals surface area contributed by atoms with Crippen LogP contribution in [-0.2, 0) is 0 Å². The minimum absolute atomic E-state index is 0.163. The van der Waals surface area contributed by atoms with Gasteiger partial charge in [0.05, 0.1) is 11.4 Å². The number of primary amides is 1. The van der Waals surface area contributed by atoms with Crippen LogP contribution in [0.25, 0.3) is 16.7 Å². The van der Waals surface area contributed by atoms with E-state index in [1.807, 2.05) is 0 Å². The van der Waals surface area contributed by atoms with Crippen molar-refractivity contribution in [2.75, 3.05) is 5.73 Å². The molecular formula is C10H8N6O2.